The van der Waals surface area contributed by atoms with Crippen LogP contribution in [0.1, 0.15) is 43.0 Å². The molecule has 0 spiro atoms. The number of hydrogen-bond acceptors (Lipinski definition) is 6. The lowest BCUT2D eigenvalue weighted by Crippen LogP contribution is -2.42. The number of fused-ring (bicyclic) bond motifs is 1. The second kappa shape index (κ2) is 12.3. The van der Waals surface area contributed by atoms with Gasteiger partial charge in [0.15, 0.2) is 0 Å². The number of rotatable bonds is 10. The number of nitrogens with two attached hydrogens (primary N) is 1. The van der Waals surface area contributed by atoms with Crippen molar-refractivity contribution in [1.29, 1.82) is 0 Å². The number of carbonyl (C=O) groups excluding carboxylic acids is 1. The van der Waals surface area contributed by atoms with Crippen molar-refractivity contribution in [3.63, 3.8) is 0 Å². The number of carbonyl (C=O) groups is 1. The van der Waals surface area contributed by atoms with Crippen LogP contribution in [0.3, 0.4) is 0 Å². The highest BCUT2D eigenvalue weighted by atomic mass is 16.5. The Kier molecular flexibility index (Phi) is 8.41. The molecule has 5 rings (SSSR count). The summed E-state index contributed by atoms with van der Waals surface area (Å²) >= 11 is 0. The highest BCUT2D eigenvalue weighted by Crippen LogP contribution is 2.30. The van der Waals surface area contributed by atoms with Gasteiger partial charge in [-0.25, -0.2) is 15.0 Å². The fraction of sp³-hybridized carbons (Fsp3) is 0.400. The Morgan fingerprint density at radius 1 is 1.11 bits per heavy atom. The van der Waals surface area contributed by atoms with Crippen molar-refractivity contribution in [3.8, 4) is 11.1 Å². The number of likely N-dealkylation sites (tertiary alicyclic amines) is 1. The topological polar surface area (TPSA) is 99.2 Å². The van der Waals surface area contributed by atoms with Crippen molar-refractivity contribution in [1.82, 2.24) is 24.4 Å². The predicted octanol–water partition coefficient (Wildman–Crippen LogP) is 4.20. The summed E-state index contributed by atoms with van der Waals surface area (Å²) in [5.41, 5.74) is 11.8. The Labute approximate surface area is 223 Å². The first kappa shape index (κ1) is 26.0. The molecule has 1 aliphatic heterocycles. The largest absolute Gasteiger partial charge is 0.385 e. The number of nitrogens with zero attached hydrogens (tertiary/aromatic N) is 5. The van der Waals surface area contributed by atoms with Gasteiger partial charge in [0.05, 0.1) is 11.0 Å². The van der Waals surface area contributed by atoms with Crippen molar-refractivity contribution in [3.05, 3.63) is 78.6 Å². The third-order valence-corrected chi connectivity index (χ3v) is 7.34. The fourth-order valence-corrected chi connectivity index (χ4v) is 5.43. The van der Waals surface area contributed by atoms with Crippen LogP contribution >= 0.6 is 0 Å². The maximum atomic E-state index is 13.3. The molecule has 1 aliphatic rings. The van der Waals surface area contributed by atoms with Gasteiger partial charge in [-0.15, -0.1) is 0 Å². The van der Waals surface area contributed by atoms with Gasteiger partial charge in [0.1, 0.15) is 12.2 Å². The molecule has 2 atom stereocenters. The van der Waals surface area contributed by atoms with Gasteiger partial charge in [-0.2, -0.15) is 0 Å². The van der Waals surface area contributed by atoms with E-state index in [4.69, 9.17) is 15.5 Å². The van der Waals surface area contributed by atoms with Crippen LogP contribution < -0.4 is 5.73 Å². The average Bonchev–Trinajstić information content (AvgIpc) is 3.33. The molecule has 8 heteroatoms. The minimum Gasteiger partial charge on any atom is -0.385 e. The minimum absolute atomic E-state index is 0.127. The van der Waals surface area contributed by atoms with Crippen molar-refractivity contribution in [2.24, 2.45) is 5.73 Å². The molecule has 0 bridgehead atoms. The van der Waals surface area contributed by atoms with Gasteiger partial charge >= 0.3 is 0 Å². The number of methoxy groups -OCH3 is 1. The zero-order chi connectivity index (χ0) is 26.3. The van der Waals surface area contributed by atoms with Crippen molar-refractivity contribution < 1.29 is 9.53 Å². The number of hydrogen-bond donors (Lipinski definition) is 1. The van der Waals surface area contributed by atoms with Crippen LogP contribution in [0.4, 0.5) is 0 Å². The van der Waals surface area contributed by atoms with E-state index in [0.29, 0.717) is 26.0 Å². The number of imidazole rings is 1. The Bertz CT molecular complexity index is 1340. The molecule has 38 heavy (non-hydrogen) atoms. The molecule has 8 nitrogen and oxygen atoms in total. The van der Waals surface area contributed by atoms with Gasteiger partial charge in [-0.3, -0.25) is 4.79 Å². The third-order valence-electron chi connectivity index (χ3n) is 7.34. The number of piperidine rings is 1. The number of benzene rings is 2. The number of para-hydroxylation sites is 2. The molecule has 4 aromatic rings. The van der Waals surface area contributed by atoms with Crippen LogP contribution in [-0.4, -0.2) is 63.2 Å². The van der Waals surface area contributed by atoms with Gasteiger partial charge in [-0.05, 0) is 48.9 Å². The van der Waals surface area contributed by atoms with Crippen LogP contribution in [0.2, 0.25) is 0 Å². The lowest BCUT2D eigenvalue weighted by molar-refractivity contribution is -0.132. The van der Waals surface area contributed by atoms with Crippen molar-refractivity contribution in [2.75, 3.05) is 26.8 Å². The molecule has 2 aromatic heterocycles. The van der Waals surface area contributed by atoms with Crippen LogP contribution in [0.25, 0.3) is 22.2 Å². The maximum Gasteiger partial charge on any atom is 0.224 e. The maximum absolute atomic E-state index is 13.3. The second-order valence-corrected chi connectivity index (χ2v) is 10.1. The summed E-state index contributed by atoms with van der Waals surface area (Å²) < 4.78 is 7.61. The summed E-state index contributed by atoms with van der Waals surface area (Å²) in [6, 6.07) is 16.3. The van der Waals surface area contributed by atoms with Gasteiger partial charge < -0.3 is 19.9 Å². The molecule has 0 unspecified atom stereocenters. The molecule has 198 valence electrons. The molecule has 3 heterocycles. The van der Waals surface area contributed by atoms with Gasteiger partial charge in [0.25, 0.3) is 0 Å². The second-order valence-electron chi connectivity index (χ2n) is 10.1. The van der Waals surface area contributed by atoms with Crippen molar-refractivity contribution in [2.45, 2.75) is 50.6 Å². The molecule has 0 aliphatic carbocycles. The predicted molar refractivity (Wildman–Crippen MR) is 149 cm³/mol. The highest BCUT2D eigenvalue weighted by Gasteiger charge is 2.29. The SMILES string of the molecule is COCCCn1c([C@@H]2CCCN(C(=O)C[C@H](N)Cc3ccc(-c4cncnc4)cc3)C2)nc2ccccc21. The Morgan fingerprint density at radius 3 is 2.68 bits per heavy atom. The summed E-state index contributed by atoms with van der Waals surface area (Å²) in [5, 5.41) is 0. The van der Waals surface area contributed by atoms with Crippen LogP contribution in [0, 0.1) is 0 Å². The summed E-state index contributed by atoms with van der Waals surface area (Å²) in [5.74, 6) is 1.42. The zero-order valence-electron chi connectivity index (χ0n) is 22.0. The van der Waals surface area contributed by atoms with E-state index in [0.717, 1.165) is 65.9 Å². The Morgan fingerprint density at radius 2 is 1.89 bits per heavy atom. The first-order valence-corrected chi connectivity index (χ1v) is 13.4. The Hall–Kier alpha value is -3.62. The molecule has 2 aromatic carbocycles. The van der Waals surface area contributed by atoms with Crippen LogP contribution in [0.15, 0.2) is 67.3 Å². The molecule has 1 fully saturated rings. The van der Waals surface area contributed by atoms with E-state index in [9.17, 15) is 4.79 Å². The van der Waals surface area contributed by atoms with Crippen LogP contribution in [-0.2, 0) is 22.5 Å². The van der Waals surface area contributed by atoms with E-state index in [-0.39, 0.29) is 17.9 Å². The first-order valence-electron chi connectivity index (χ1n) is 13.4. The molecule has 2 N–H and O–H groups in total. The number of aromatic nitrogens is 4. The highest BCUT2D eigenvalue weighted by molar-refractivity contribution is 5.78. The normalized spacial score (nSPS) is 16.6. The molecule has 1 saturated heterocycles. The molecule has 0 radical (unpaired) electrons. The number of aryl methyl sites for hydroxylation is 1. The lowest BCUT2D eigenvalue weighted by Gasteiger charge is -2.33. The Balaban J connectivity index is 1.21. The van der Waals surface area contributed by atoms with E-state index >= 15 is 0 Å². The quantitative estimate of drug-likeness (QED) is 0.320. The molecule has 1 amide bonds. The lowest BCUT2D eigenvalue weighted by atomic mass is 9.95. The summed E-state index contributed by atoms with van der Waals surface area (Å²) in [6.07, 6.45) is 9.04. The van der Waals surface area contributed by atoms with Gasteiger partial charge in [-0.1, -0.05) is 36.4 Å². The molecule has 0 saturated carbocycles. The van der Waals surface area contributed by atoms with Crippen LogP contribution in [0.5, 0.6) is 0 Å². The fourth-order valence-electron chi connectivity index (χ4n) is 5.43. The standard InChI is InChI=1S/C30H36N6O2/c1-38-15-5-14-36-28-8-3-2-7-27(28)34-30(36)24-6-4-13-35(20-24)29(37)17-26(31)16-22-9-11-23(12-10-22)25-18-32-21-33-19-25/h2-3,7-12,18-19,21,24,26H,4-6,13-17,20,31H2,1H3/t24-,26-/m1/s1. The van der Waals surface area contributed by atoms with Gasteiger partial charge in [0, 0.05) is 69.7 Å². The summed E-state index contributed by atoms with van der Waals surface area (Å²) in [4.78, 5) is 28.4. The number of ether oxygens (including phenoxy) is 1. The smallest absolute Gasteiger partial charge is 0.224 e. The summed E-state index contributed by atoms with van der Waals surface area (Å²) in [7, 11) is 1.73. The van der Waals surface area contributed by atoms with Crippen molar-refractivity contribution >= 4 is 16.9 Å². The zero-order valence-corrected chi connectivity index (χ0v) is 22.0. The third kappa shape index (κ3) is 6.09. The molecular weight excluding hydrogens is 476 g/mol. The summed E-state index contributed by atoms with van der Waals surface area (Å²) in [6.45, 7) is 3.03. The first-order chi connectivity index (χ1) is 18.6. The van der Waals surface area contributed by atoms with E-state index in [1.807, 2.05) is 11.0 Å². The molecular formula is C30H36N6O2. The average molecular weight is 513 g/mol. The monoisotopic (exact) mass is 512 g/mol. The number of amides is 1. The van der Waals surface area contributed by atoms with E-state index in [1.54, 1.807) is 19.5 Å². The van der Waals surface area contributed by atoms with E-state index in [2.05, 4.69) is 57.0 Å². The van der Waals surface area contributed by atoms with Gasteiger partial charge in [0.2, 0.25) is 5.91 Å². The van der Waals surface area contributed by atoms with E-state index < -0.39 is 0 Å². The van der Waals surface area contributed by atoms with E-state index in [1.165, 1.54) is 6.33 Å². The minimum atomic E-state index is -0.229.